The molecule has 23 heavy (non-hydrogen) atoms. The number of carbonyl (C=O) groups is 1. The SMILES string of the molecule is COC[C@H]1[C@H](NC(=O)CCc2ccc(F)c(F)c2)[C@H]2CCO[C@H]21. The maximum absolute atomic E-state index is 13.2. The van der Waals surface area contributed by atoms with Crippen molar-refractivity contribution in [1.82, 2.24) is 5.32 Å². The highest BCUT2D eigenvalue weighted by Gasteiger charge is 2.54. The number of benzene rings is 1. The molecule has 0 bridgehead atoms. The van der Waals surface area contributed by atoms with Crippen LogP contribution >= 0.6 is 0 Å². The van der Waals surface area contributed by atoms with Gasteiger partial charge in [-0.3, -0.25) is 4.79 Å². The number of aryl methyl sites for hydroxylation is 1. The Morgan fingerprint density at radius 3 is 2.96 bits per heavy atom. The summed E-state index contributed by atoms with van der Waals surface area (Å²) in [5.74, 6) is -1.27. The van der Waals surface area contributed by atoms with Crippen LogP contribution < -0.4 is 5.32 Å². The third-order valence-corrected chi connectivity index (χ3v) is 4.84. The van der Waals surface area contributed by atoms with E-state index in [4.69, 9.17) is 9.47 Å². The van der Waals surface area contributed by atoms with Crippen LogP contribution in [0.2, 0.25) is 0 Å². The van der Waals surface area contributed by atoms with Gasteiger partial charge in [0.2, 0.25) is 5.91 Å². The zero-order chi connectivity index (χ0) is 16.4. The zero-order valence-electron chi connectivity index (χ0n) is 13.1. The van der Waals surface area contributed by atoms with Crippen LogP contribution in [-0.4, -0.2) is 38.4 Å². The first-order valence-corrected chi connectivity index (χ1v) is 7.94. The second kappa shape index (κ2) is 6.93. The number of nitrogens with one attached hydrogen (secondary N) is 1. The standard InChI is InChI=1S/C17H21F2NO3/c1-22-9-12-16(11-6-7-23-17(11)12)20-15(21)5-3-10-2-4-13(18)14(19)8-10/h2,4,8,11-12,16-17H,3,5-7,9H2,1H3,(H,20,21)/t11-,12+,16-,17-/m1/s1. The average Bonchev–Trinajstić information content (AvgIpc) is 2.96. The van der Waals surface area contributed by atoms with Crippen LogP contribution in [0.25, 0.3) is 0 Å². The van der Waals surface area contributed by atoms with Crippen molar-refractivity contribution >= 4 is 5.91 Å². The molecule has 0 spiro atoms. The van der Waals surface area contributed by atoms with E-state index in [2.05, 4.69) is 5.32 Å². The van der Waals surface area contributed by atoms with Crippen molar-refractivity contribution in [3.8, 4) is 0 Å². The van der Waals surface area contributed by atoms with Crippen molar-refractivity contribution in [2.75, 3.05) is 20.3 Å². The molecule has 2 fully saturated rings. The lowest BCUT2D eigenvalue weighted by Crippen LogP contribution is -2.62. The van der Waals surface area contributed by atoms with Crippen molar-refractivity contribution in [3.05, 3.63) is 35.4 Å². The summed E-state index contributed by atoms with van der Waals surface area (Å²) >= 11 is 0. The normalized spacial score (nSPS) is 29.0. The molecule has 0 aromatic heterocycles. The molecule has 1 aromatic rings. The summed E-state index contributed by atoms with van der Waals surface area (Å²) in [5.41, 5.74) is 0.614. The molecule has 0 radical (unpaired) electrons. The van der Waals surface area contributed by atoms with E-state index in [1.807, 2.05) is 0 Å². The zero-order valence-corrected chi connectivity index (χ0v) is 13.1. The fourth-order valence-electron chi connectivity index (χ4n) is 3.65. The minimum atomic E-state index is -0.881. The van der Waals surface area contributed by atoms with Gasteiger partial charge in [-0.05, 0) is 30.5 Å². The number of halogens is 2. The van der Waals surface area contributed by atoms with Crippen molar-refractivity contribution < 1.29 is 23.0 Å². The van der Waals surface area contributed by atoms with E-state index in [9.17, 15) is 13.6 Å². The van der Waals surface area contributed by atoms with Gasteiger partial charge in [0.05, 0.1) is 12.7 Å². The van der Waals surface area contributed by atoms with Crippen LogP contribution in [0.15, 0.2) is 18.2 Å². The van der Waals surface area contributed by atoms with E-state index >= 15 is 0 Å². The van der Waals surface area contributed by atoms with Crippen molar-refractivity contribution in [2.45, 2.75) is 31.4 Å². The second-order valence-electron chi connectivity index (χ2n) is 6.25. The summed E-state index contributed by atoms with van der Waals surface area (Å²) in [5, 5.41) is 3.05. The molecule has 2 aliphatic rings. The smallest absolute Gasteiger partial charge is 0.220 e. The topological polar surface area (TPSA) is 47.6 Å². The van der Waals surface area contributed by atoms with Crippen LogP contribution in [0, 0.1) is 23.5 Å². The number of methoxy groups -OCH3 is 1. The molecule has 6 heteroatoms. The maximum Gasteiger partial charge on any atom is 0.220 e. The Kier molecular flexibility index (Phi) is 4.92. The number of hydrogen-bond donors (Lipinski definition) is 1. The molecule has 4 nitrogen and oxygen atoms in total. The van der Waals surface area contributed by atoms with E-state index in [0.717, 1.165) is 25.2 Å². The van der Waals surface area contributed by atoms with Gasteiger partial charge in [-0.2, -0.15) is 0 Å². The minimum absolute atomic E-state index is 0.0776. The largest absolute Gasteiger partial charge is 0.384 e. The summed E-state index contributed by atoms with van der Waals surface area (Å²) in [7, 11) is 1.64. The van der Waals surface area contributed by atoms with Gasteiger partial charge in [-0.15, -0.1) is 0 Å². The molecular formula is C17H21F2NO3. The third kappa shape index (κ3) is 3.38. The highest BCUT2D eigenvalue weighted by molar-refractivity contribution is 5.76. The molecule has 0 unspecified atom stereocenters. The van der Waals surface area contributed by atoms with E-state index in [1.54, 1.807) is 7.11 Å². The van der Waals surface area contributed by atoms with Crippen molar-refractivity contribution in [3.63, 3.8) is 0 Å². The number of carbonyl (C=O) groups excluding carboxylic acids is 1. The van der Waals surface area contributed by atoms with Gasteiger partial charge in [0.1, 0.15) is 0 Å². The molecule has 1 saturated carbocycles. The number of ether oxygens (including phenoxy) is 2. The van der Waals surface area contributed by atoms with Crippen LogP contribution in [0.3, 0.4) is 0 Å². The van der Waals surface area contributed by atoms with Gasteiger partial charge in [0.25, 0.3) is 0 Å². The predicted octanol–water partition coefficient (Wildman–Crippen LogP) is 2.06. The van der Waals surface area contributed by atoms with Crippen molar-refractivity contribution in [1.29, 1.82) is 0 Å². The summed E-state index contributed by atoms with van der Waals surface area (Å²) in [6.07, 6.45) is 1.78. The van der Waals surface area contributed by atoms with Gasteiger partial charge in [0, 0.05) is 38.0 Å². The third-order valence-electron chi connectivity index (χ3n) is 4.84. The number of hydrogen-bond acceptors (Lipinski definition) is 3. The Bertz CT molecular complexity index is 581. The number of fused-ring (bicyclic) bond motifs is 1. The predicted molar refractivity (Wildman–Crippen MR) is 79.8 cm³/mol. The van der Waals surface area contributed by atoms with Crippen LogP contribution in [0.1, 0.15) is 18.4 Å². The lowest BCUT2D eigenvalue weighted by molar-refractivity contribution is -0.129. The molecule has 1 N–H and O–H groups in total. The molecule has 1 saturated heterocycles. The first-order chi connectivity index (χ1) is 11.1. The number of amides is 1. The molecular weight excluding hydrogens is 304 g/mol. The highest BCUT2D eigenvalue weighted by Crippen LogP contribution is 2.43. The number of rotatable bonds is 6. The summed E-state index contributed by atoms with van der Waals surface area (Å²) in [4.78, 5) is 12.1. The van der Waals surface area contributed by atoms with Gasteiger partial charge in [-0.25, -0.2) is 8.78 Å². The van der Waals surface area contributed by atoms with E-state index in [-0.39, 0.29) is 30.4 Å². The lowest BCUT2D eigenvalue weighted by atomic mass is 9.67. The van der Waals surface area contributed by atoms with E-state index in [1.165, 1.54) is 6.07 Å². The Morgan fingerprint density at radius 1 is 1.39 bits per heavy atom. The Morgan fingerprint density at radius 2 is 2.22 bits per heavy atom. The summed E-state index contributed by atoms with van der Waals surface area (Å²) < 4.78 is 36.9. The highest BCUT2D eigenvalue weighted by atomic mass is 19.2. The molecule has 1 aliphatic carbocycles. The fraction of sp³-hybridized carbons (Fsp3) is 0.588. The monoisotopic (exact) mass is 325 g/mol. The van der Waals surface area contributed by atoms with Crippen LogP contribution in [-0.2, 0) is 20.7 Å². The molecule has 1 heterocycles. The van der Waals surface area contributed by atoms with E-state index < -0.39 is 11.6 Å². The first-order valence-electron chi connectivity index (χ1n) is 7.94. The molecule has 3 rings (SSSR count). The first kappa shape index (κ1) is 16.3. The summed E-state index contributed by atoms with van der Waals surface area (Å²) in [6, 6.07) is 3.81. The van der Waals surface area contributed by atoms with Gasteiger partial charge in [-0.1, -0.05) is 6.07 Å². The molecule has 1 amide bonds. The Labute approximate surface area is 134 Å². The Balaban J connectivity index is 1.51. The Hall–Kier alpha value is -1.53. The molecule has 1 aromatic carbocycles. The second-order valence-corrected chi connectivity index (χ2v) is 6.25. The quantitative estimate of drug-likeness (QED) is 0.871. The van der Waals surface area contributed by atoms with Crippen molar-refractivity contribution in [2.24, 2.45) is 11.8 Å². The minimum Gasteiger partial charge on any atom is -0.384 e. The van der Waals surface area contributed by atoms with Gasteiger partial charge < -0.3 is 14.8 Å². The van der Waals surface area contributed by atoms with Gasteiger partial charge in [0.15, 0.2) is 11.6 Å². The summed E-state index contributed by atoms with van der Waals surface area (Å²) in [6.45, 7) is 1.30. The van der Waals surface area contributed by atoms with Crippen LogP contribution in [0.4, 0.5) is 8.78 Å². The lowest BCUT2D eigenvalue weighted by Gasteiger charge is -2.47. The van der Waals surface area contributed by atoms with Gasteiger partial charge >= 0.3 is 0 Å². The average molecular weight is 325 g/mol. The van der Waals surface area contributed by atoms with E-state index in [0.29, 0.717) is 24.5 Å². The molecule has 1 aliphatic heterocycles. The molecule has 4 atom stereocenters. The fourth-order valence-corrected chi connectivity index (χ4v) is 3.65. The van der Waals surface area contributed by atoms with Crippen LogP contribution in [0.5, 0.6) is 0 Å². The maximum atomic E-state index is 13.2. The molecule has 126 valence electrons.